The van der Waals surface area contributed by atoms with Gasteiger partial charge in [0.1, 0.15) is 11.8 Å². The number of carbonyl (C=O) groups excluding carboxylic acids is 1. The Hall–Kier alpha value is -4.05. The van der Waals surface area contributed by atoms with E-state index in [9.17, 15) is 4.79 Å². The van der Waals surface area contributed by atoms with Gasteiger partial charge >= 0.3 is 0 Å². The second-order valence-electron chi connectivity index (χ2n) is 6.32. The zero-order chi connectivity index (χ0) is 20.3. The number of benzene rings is 1. The Bertz CT molecular complexity index is 1130. The molecule has 0 fully saturated rings. The number of carbonyl (C=O) groups is 1. The van der Waals surface area contributed by atoms with Gasteiger partial charge in [-0.2, -0.15) is 5.26 Å². The molecular formula is C21H18N6O. The summed E-state index contributed by atoms with van der Waals surface area (Å²) in [6.45, 7) is 3.57. The number of nitrogen functional groups attached to an aromatic ring is 1. The normalized spacial score (nSPS) is 10.2. The number of hydrogen-bond acceptors (Lipinski definition) is 6. The molecule has 3 rings (SSSR count). The molecule has 0 spiro atoms. The molecule has 0 aliphatic rings. The van der Waals surface area contributed by atoms with Gasteiger partial charge in [-0.1, -0.05) is 0 Å². The summed E-state index contributed by atoms with van der Waals surface area (Å²) in [6, 6.07) is 12.1. The summed E-state index contributed by atoms with van der Waals surface area (Å²) >= 11 is 0. The molecule has 0 aliphatic carbocycles. The van der Waals surface area contributed by atoms with Gasteiger partial charge in [-0.3, -0.25) is 15.2 Å². The topological polar surface area (TPSA) is 129 Å². The number of anilines is 2. The van der Waals surface area contributed by atoms with E-state index in [0.29, 0.717) is 33.6 Å². The first-order chi connectivity index (χ1) is 13.4. The van der Waals surface area contributed by atoms with E-state index in [4.69, 9.17) is 16.4 Å². The molecule has 138 valence electrons. The molecule has 0 aliphatic heterocycles. The Morgan fingerprint density at radius 1 is 1.18 bits per heavy atom. The lowest BCUT2D eigenvalue weighted by Gasteiger charge is -2.12. The van der Waals surface area contributed by atoms with Crippen LogP contribution >= 0.6 is 0 Å². The van der Waals surface area contributed by atoms with E-state index in [1.807, 2.05) is 13.0 Å². The van der Waals surface area contributed by atoms with Crippen molar-refractivity contribution in [3.8, 4) is 6.07 Å². The fourth-order valence-electron chi connectivity index (χ4n) is 2.77. The minimum absolute atomic E-state index is 0.234. The van der Waals surface area contributed by atoms with Gasteiger partial charge in [0.15, 0.2) is 0 Å². The number of rotatable bonds is 4. The van der Waals surface area contributed by atoms with Crippen molar-refractivity contribution in [2.45, 2.75) is 13.8 Å². The number of aromatic nitrogens is 2. The van der Waals surface area contributed by atoms with Crippen molar-refractivity contribution in [2.24, 2.45) is 0 Å². The van der Waals surface area contributed by atoms with Gasteiger partial charge in [0.05, 0.1) is 11.3 Å². The zero-order valence-corrected chi connectivity index (χ0v) is 15.4. The number of nitrogens with one attached hydrogen (secondary N) is 2. The van der Waals surface area contributed by atoms with Gasteiger partial charge in [-0.25, -0.2) is 4.98 Å². The minimum Gasteiger partial charge on any atom is -0.398 e. The van der Waals surface area contributed by atoms with Crippen LogP contribution < -0.4 is 11.1 Å². The van der Waals surface area contributed by atoms with Crippen molar-refractivity contribution in [3.63, 3.8) is 0 Å². The molecule has 2 aromatic heterocycles. The van der Waals surface area contributed by atoms with Crippen molar-refractivity contribution >= 4 is 23.0 Å². The largest absolute Gasteiger partial charge is 0.398 e. The number of nitriles is 1. The third-order valence-electron chi connectivity index (χ3n) is 4.19. The summed E-state index contributed by atoms with van der Waals surface area (Å²) in [4.78, 5) is 20.8. The molecule has 4 N–H and O–H groups in total. The molecule has 0 radical (unpaired) electrons. The van der Waals surface area contributed by atoms with Crippen molar-refractivity contribution in [2.75, 3.05) is 11.1 Å². The monoisotopic (exact) mass is 370 g/mol. The second kappa shape index (κ2) is 7.68. The highest BCUT2D eigenvalue weighted by atomic mass is 16.1. The molecule has 7 nitrogen and oxygen atoms in total. The van der Waals surface area contributed by atoms with E-state index in [2.05, 4.69) is 15.3 Å². The van der Waals surface area contributed by atoms with E-state index in [1.165, 1.54) is 6.20 Å². The third kappa shape index (κ3) is 3.86. The van der Waals surface area contributed by atoms with Gasteiger partial charge in [0, 0.05) is 40.6 Å². The maximum Gasteiger partial charge on any atom is 0.274 e. The number of hydrogen-bond donors (Lipinski definition) is 3. The quantitative estimate of drug-likeness (QED) is 0.480. The van der Waals surface area contributed by atoms with Crippen molar-refractivity contribution < 1.29 is 4.79 Å². The maximum absolute atomic E-state index is 12.6. The summed E-state index contributed by atoms with van der Waals surface area (Å²) < 4.78 is 0. The van der Waals surface area contributed by atoms with Gasteiger partial charge in [-0.05, 0) is 55.8 Å². The molecule has 1 amide bonds. The van der Waals surface area contributed by atoms with Gasteiger partial charge < -0.3 is 11.1 Å². The molecule has 28 heavy (non-hydrogen) atoms. The van der Waals surface area contributed by atoms with Crippen LogP contribution in [-0.4, -0.2) is 21.6 Å². The second-order valence-corrected chi connectivity index (χ2v) is 6.32. The van der Waals surface area contributed by atoms with Crippen molar-refractivity contribution in [3.05, 3.63) is 82.4 Å². The summed E-state index contributed by atoms with van der Waals surface area (Å²) in [7, 11) is 0. The minimum atomic E-state index is -0.399. The predicted molar refractivity (Wildman–Crippen MR) is 107 cm³/mol. The fraction of sp³-hybridized carbons (Fsp3) is 0.0952. The van der Waals surface area contributed by atoms with E-state index in [-0.39, 0.29) is 11.4 Å². The first-order valence-electron chi connectivity index (χ1n) is 8.48. The molecule has 2 heterocycles. The molecule has 0 bridgehead atoms. The SMILES string of the molecule is Cc1cc(C(=N)c2cc(NC(=O)c3ncc(C#N)cc3C)ccc2N)ccn1. The van der Waals surface area contributed by atoms with Crippen LogP contribution in [0.2, 0.25) is 0 Å². The highest BCUT2D eigenvalue weighted by Crippen LogP contribution is 2.22. The number of nitrogens with two attached hydrogens (primary N) is 1. The van der Waals surface area contributed by atoms with E-state index in [1.54, 1.807) is 49.5 Å². The lowest BCUT2D eigenvalue weighted by atomic mass is 10.0. The average Bonchev–Trinajstić information content (AvgIpc) is 2.68. The molecule has 7 heteroatoms. The summed E-state index contributed by atoms with van der Waals surface area (Å²) in [5.41, 5.74) is 10.4. The molecule has 0 saturated heterocycles. The van der Waals surface area contributed by atoms with Crippen LogP contribution in [-0.2, 0) is 0 Å². The summed E-state index contributed by atoms with van der Waals surface area (Å²) in [5, 5.41) is 20.2. The van der Waals surface area contributed by atoms with Crippen LogP contribution in [0.5, 0.6) is 0 Å². The van der Waals surface area contributed by atoms with Crippen LogP contribution in [0.4, 0.5) is 11.4 Å². The standard InChI is InChI=1S/C21H18N6O/c1-12-7-14(10-22)11-26-20(12)21(28)27-16-3-4-18(23)17(9-16)19(24)15-5-6-25-13(2)8-15/h3-9,11,24H,23H2,1-2H3,(H,27,28). The molecule has 3 aromatic rings. The lowest BCUT2D eigenvalue weighted by molar-refractivity contribution is 0.102. The summed E-state index contributed by atoms with van der Waals surface area (Å²) in [6.07, 6.45) is 3.00. The van der Waals surface area contributed by atoms with Gasteiger partial charge in [0.25, 0.3) is 5.91 Å². The van der Waals surface area contributed by atoms with Crippen LogP contribution in [0.15, 0.2) is 48.8 Å². The van der Waals surface area contributed by atoms with Crippen molar-refractivity contribution in [1.29, 1.82) is 10.7 Å². The molecule has 0 unspecified atom stereocenters. The highest BCUT2D eigenvalue weighted by molar-refractivity contribution is 6.14. The Morgan fingerprint density at radius 2 is 1.96 bits per heavy atom. The van der Waals surface area contributed by atoms with Crippen LogP contribution in [0.1, 0.15) is 38.4 Å². The first kappa shape index (κ1) is 18.7. The van der Waals surface area contributed by atoms with Gasteiger partial charge in [0.2, 0.25) is 0 Å². The molecule has 1 aromatic carbocycles. The number of aryl methyl sites for hydroxylation is 2. The Balaban J connectivity index is 1.88. The predicted octanol–water partition coefficient (Wildman–Crippen LogP) is 3.22. The van der Waals surface area contributed by atoms with E-state index < -0.39 is 5.91 Å². The van der Waals surface area contributed by atoms with Crippen LogP contribution in [0, 0.1) is 30.6 Å². The molecule has 0 atom stereocenters. The smallest absolute Gasteiger partial charge is 0.274 e. The number of nitrogens with zero attached hydrogens (tertiary/aromatic N) is 3. The van der Waals surface area contributed by atoms with Crippen LogP contribution in [0.25, 0.3) is 0 Å². The van der Waals surface area contributed by atoms with E-state index in [0.717, 1.165) is 5.69 Å². The zero-order valence-electron chi connectivity index (χ0n) is 15.4. The highest BCUT2D eigenvalue weighted by Gasteiger charge is 2.14. The average molecular weight is 370 g/mol. The molecule has 0 saturated carbocycles. The Morgan fingerprint density at radius 3 is 2.64 bits per heavy atom. The number of pyridine rings is 2. The van der Waals surface area contributed by atoms with Crippen molar-refractivity contribution in [1.82, 2.24) is 9.97 Å². The first-order valence-corrected chi connectivity index (χ1v) is 8.48. The van der Waals surface area contributed by atoms with Crippen LogP contribution in [0.3, 0.4) is 0 Å². The summed E-state index contributed by atoms with van der Waals surface area (Å²) in [5.74, 6) is -0.399. The third-order valence-corrected chi connectivity index (χ3v) is 4.19. The Labute approximate surface area is 162 Å². The van der Waals surface area contributed by atoms with E-state index >= 15 is 0 Å². The number of amides is 1. The molecular weight excluding hydrogens is 352 g/mol. The Kier molecular flexibility index (Phi) is 5.14. The van der Waals surface area contributed by atoms with Gasteiger partial charge in [-0.15, -0.1) is 0 Å². The fourth-order valence-corrected chi connectivity index (χ4v) is 2.77. The lowest BCUT2D eigenvalue weighted by Crippen LogP contribution is -2.16. The maximum atomic E-state index is 12.6.